The fourth-order valence-corrected chi connectivity index (χ4v) is 2.83. The SMILES string of the molecule is Cc1ccc(SCC(=O)NCCc2ccc(F)cc2)cc1C. The molecule has 4 heteroatoms. The van der Waals surface area contributed by atoms with Gasteiger partial charge in [0.1, 0.15) is 5.82 Å². The first kappa shape index (κ1) is 16.6. The van der Waals surface area contributed by atoms with E-state index in [4.69, 9.17) is 0 Å². The van der Waals surface area contributed by atoms with Crippen LogP contribution in [0.4, 0.5) is 4.39 Å². The van der Waals surface area contributed by atoms with Gasteiger partial charge in [0.25, 0.3) is 0 Å². The molecule has 0 saturated carbocycles. The van der Waals surface area contributed by atoms with Crippen LogP contribution >= 0.6 is 11.8 Å². The fourth-order valence-electron chi connectivity index (χ4n) is 2.00. The summed E-state index contributed by atoms with van der Waals surface area (Å²) in [6, 6.07) is 12.6. The molecule has 0 saturated heterocycles. The lowest BCUT2D eigenvalue weighted by Crippen LogP contribution is -2.27. The number of carbonyl (C=O) groups excluding carboxylic acids is 1. The van der Waals surface area contributed by atoms with Crippen LogP contribution in [0.1, 0.15) is 16.7 Å². The molecular weight excluding hydrogens is 297 g/mol. The van der Waals surface area contributed by atoms with E-state index >= 15 is 0 Å². The normalized spacial score (nSPS) is 10.5. The van der Waals surface area contributed by atoms with Crippen LogP contribution in [0.3, 0.4) is 0 Å². The Kier molecular flexibility index (Phi) is 6.01. The summed E-state index contributed by atoms with van der Waals surface area (Å²) in [5.41, 5.74) is 3.51. The smallest absolute Gasteiger partial charge is 0.230 e. The second kappa shape index (κ2) is 7.99. The zero-order valence-corrected chi connectivity index (χ0v) is 13.7. The molecule has 0 heterocycles. The molecule has 0 bridgehead atoms. The van der Waals surface area contributed by atoms with E-state index in [-0.39, 0.29) is 11.7 Å². The summed E-state index contributed by atoms with van der Waals surface area (Å²) >= 11 is 1.54. The molecule has 2 rings (SSSR count). The monoisotopic (exact) mass is 317 g/mol. The molecule has 0 atom stereocenters. The van der Waals surface area contributed by atoms with E-state index in [9.17, 15) is 9.18 Å². The van der Waals surface area contributed by atoms with Crippen molar-refractivity contribution in [2.75, 3.05) is 12.3 Å². The summed E-state index contributed by atoms with van der Waals surface area (Å²) < 4.78 is 12.8. The number of hydrogen-bond donors (Lipinski definition) is 1. The van der Waals surface area contributed by atoms with Crippen LogP contribution in [0.15, 0.2) is 47.4 Å². The zero-order valence-electron chi connectivity index (χ0n) is 12.9. The minimum absolute atomic E-state index is 0.0188. The molecule has 0 aromatic heterocycles. The molecule has 0 radical (unpaired) electrons. The summed E-state index contributed by atoms with van der Waals surface area (Å²) in [7, 11) is 0. The molecular formula is C18H20FNOS. The predicted octanol–water partition coefficient (Wildman–Crippen LogP) is 3.89. The maximum absolute atomic E-state index is 12.8. The van der Waals surface area contributed by atoms with Gasteiger partial charge in [-0.25, -0.2) is 4.39 Å². The molecule has 0 aliphatic carbocycles. The molecule has 2 nitrogen and oxygen atoms in total. The van der Waals surface area contributed by atoms with Gasteiger partial charge in [-0.15, -0.1) is 11.8 Å². The van der Waals surface area contributed by atoms with Crippen molar-refractivity contribution in [2.45, 2.75) is 25.2 Å². The van der Waals surface area contributed by atoms with E-state index in [1.165, 1.54) is 35.0 Å². The van der Waals surface area contributed by atoms with Gasteiger partial charge in [-0.1, -0.05) is 18.2 Å². The predicted molar refractivity (Wildman–Crippen MR) is 89.8 cm³/mol. The quantitative estimate of drug-likeness (QED) is 0.819. The molecule has 0 fully saturated rings. The third-order valence-electron chi connectivity index (χ3n) is 3.50. The van der Waals surface area contributed by atoms with E-state index < -0.39 is 0 Å². The van der Waals surface area contributed by atoms with Gasteiger partial charge >= 0.3 is 0 Å². The van der Waals surface area contributed by atoms with Gasteiger partial charge in [-0.3, -0.25) is 4.79 Å². The first-order chi connectivity index (χ1) is 10.5. The number of benzene rings is 2. The number of aryl methyl sites for hydroxylation is 2. The van der Waals surface area contributed by atoms with Crippen LogP contribution in [0.25, 0.3) is 0 Å². The Morgan fingerprint density at radius 1 is 1.09 bits per heavy atom. The average molecular weight is 317 g/mol. The van der Waals surface area contributed by atoms with Crippen molar-refractivity contribution in [1.29, 1.82) is 0 Å². The van der Waals surface area contributed by atoms with Gasteiger partial charge in [0, 0.05) is 11.4 Å². The van der Waals surface area contributed by atoms with Crippen molar-refractivity contribution in [3.63, 3.8) is 0 Å². The number of nitrogens with one attached hydrogen (secondary N) is 1. The summed E-state index contributed by atoms with van der Waals surface area (Å²) in [5.74, 6) is 0.189. The summed E-state index contributed by atoms with van der Waals surface area (Å²) in [6.07, 6.45) is 0.709. The Bertz CT molecular complexity index is 640. The molecule has 22 heavy (non-hydrogen) atoms. The second-order valence-electron chi connectivity index (χ2n) is 5.26. The highest BCUT2D eigenvalue weighted by Crippen LogP contribution is 2.20. The zero-order chi connectivity index (χ0) is 15.9. The highest BCUT2D eigenvalue weighted by atomic mass is 32.2. The highest BCUT2D eigenvalue weighted by Gasteiger charge is 2.04. The van der Waals surface area contributed by atoms with Crippen LogP contribution in [0, 0.1) is 19.7 Å². The number of hydrogen-bond acceptors (Lipinski definition) is 2. The molecule has 0 spiro atoms. The Labute approximate surface area is 135 Å². The first-order valence-corrected chi connectivity index (χ1v) is 8.24. The molecule has 0 aliphatic rings. The van der Waals surface area contributed by atoms with Crippen LogP contribution in [0.5, 0.6) is 0 Å². The van der Waals surface area contributed by atoms with Gasteiger partial charge in [0.05, 0.1) is 5.75 Å². The maximum atomic E-state index is 12.8. The third kappa shape index (κ3) is 5.19. The molecule has 0 unspecified atom stereocenters. The summed E-state index contributed by atoms with van der Waals surface area (Å²) in [6.45, 7) is 4.71. The summed E-state index contributed by atoms with van der Waals surface area (Å²) in [4.78, 5) is 12.9. The molecule has 2 aromatic carbocycles. The largest absolute Gasteiger partial charge is 0.355 e. The molecule has 1 N–H and O–H groups in total. The minimum Gasteiger partial charge on any atom is -0.355 e. The van der Waals surface area contributed by atoms with Gasteiger partial charge in [0.15, 0.2) is 0 Å². The Balaban J connectivity index is 1.71. The van der Waals surface area contributed by atoms with Crippen LogP contribution in [0.2, 0.25) is 0 Å². The number of halogens is 1. The lowest BCUT2D eigenvalue weighted by molar-refractivity contribution is -0.118. The first-order valence-electron chi connectivity index (χ1n) is 7.26. The van der Waals surface area contributed by atoms with E-state index in [0.29, 0.717) is 18.7 Å². The average Bonchev–Trinajstić information content (AvgIpc) is 2.50. The molecule has 0 aliphatic heterocycles. The lowest BCUT2D eigenvalue weighted by atomic mass is 10.1. The number of thioether (sulfide) groups is 1. The minimum atomic E-state index is -0.238. The third-order valence-corrected chi connectivity index (χ3v) is 4.49. The van der Waals surface area contributed by atoms with Crippen molar-refractivity contribution >= 4 is 17.7 Å². The van der Waals surface area contributed by atoms with Crippen LogP contribution in [-0.2, 0) is 11.2 Å². The van der Waals surface area contributed by atoms with E-state index in [1.807, 2.05) is 6.07 Å². The number of carbonyl (C=O) groups is 1. The van der Waals surface area contributed by atoms with Gasteiger partial charge in [-0.05, 0) is 61.2 Å². The van der Waals surface area contributed by atoms with Gasteiger partial charge in [-0.2, -0.15) is 0 Å². The van der Waals surface area contributed by atoms with Crippen molar-refractivity contribution in [1.82, 2.24) is 5.32 Å². The van der Waals surface area contributed by atoms with Crippen LogP contribution < -0.4 is 5.32 Å². The Morgan fingerprint density at radius 2 is 1.82 bits per heavy atom. The molecule has 116 valence electrons. The highest BCUT2D eigenvalue weighted by molar-refractivity contribution is 8.00. The fraction of sp³-hybridized carbons (Fsp3) is 0.278. The van der Waals surface area contributed by atoms with Crippen molar-refractivity contribution in [3.8, 4) is 0 Å². The van der Waals surface area contributed by atoms with E-state index in [0.717, 1.165) is 10.5 Å². The number of rotatable bonds is 6. The van der Waals surface area contributed by atoms with Crippen molar-refractivity contribution in [3.05, 3.63) is 65.0 Å². The van der Waals surface area contributed by atoms with Crippen LogP contribution in [-0.4, -0.2) is 18.2 Å². The Hall–Kier alpha value is -1.81. The van der Waals surface area contributed by atoms with E-state index in [2.05, 4.69) is 31.3 Å². The topological polar surface area (TPSA) is 29.1 Å². The van der Waals surface area contributed by atoms with Gasteiger partial charge < -0.3 is 5.32 Å². The maximum Gasteiger partial charge on any atom is 0.230 e. The molecule has 1 amide bonds. The standard InChI is InChI=1S/C18H20FNOS/c1-13-3-8-17(11-14(13)2)22-12-18(21)20-10-9-15-4-6-16(19)7-5-15/h3-8,11H,9-10,12H2,1-2H3,(H,20,21). The van der Waals surface area contributed by atoms with Crippen molar-refractivity contribution in [2.24, 2.45) is 0 Å². The van der Waals surface area contributed by atoms with Gasteiger partial charge in [0.2, 0.25) is 5.91 Å². The molecule has 2 aromatic rings. The number of amides is 1. The summed E-state index contributed by atoms with van der Waals surface area (Å²) in [5, 5.41) is 2.89. The Morgan fingerprint density at radius 3 is 2.50 bits per heavy atom. The van der Waals surface area contributed by atoms with Crippen molar-refractivity contribution < 1.29 is 9.18 Å². The lowest BCUT2D eigenvalue weighted by Gasteiger charge is -2.07. The second-order valence-corrected chi connectivity index (χ2v) is 6.31. The van der Waals surface area contributed by atoms with E-state index in [1.54, 1.807) is 12.1 Å².